The maximum Gasteiger partial charge on any atom is 0.339 e. The van der Waals surface area contributed by atoms with Gasteiger partial charge in [0.25, 0.3) is 0 Å². The summed E-state index contributed by atoms with van der Waals surface area (Å²) in [5.74, 6) is -1.90. The number of carbonyl (C=O) groups excluding carboxylic acids is 4. The van der Waals surface area contributed by atoms with Crippen LogP contribution in [0.5, 0.6) is 0 Å². The fraction of sp³-hybridized carbons (Fsp3) is 0.229. The van der Waals surface area contributed by atoms with E-state index in [4.69, 9.17) is 9.72 Å². The molecule has 42 heavy (non-hydrogen) atoms. The monoisotopic (exact) mass is 558 g/mol. The van der Waals surface area contributed by atoms with Gasteiger partial charge >= 0.3 is 5.97 Å². The Kier molecular flexibility index (Phi) is 7.02. The van der Waals surface area contributed by atoms with E-state index in [2.05, 4.69) is 0 Å². The maximum absolute atomic E-state index is 13.5. The molecule has 1 aromatic heterocycles. The molecule has 210 valence electrons. The molecule has 4 aromatic rings. The predicted molar refractivity (Wildman–Crippen MR) is 160 cm³/mol. The number of aromatic nitrogens is 1. The lowest BCUT2D eigenvalue weighted by Crippen LogP contribution is -2.31. The lowest BCUT2D eigenvalue weighted by molar-refractivity contribution is -0.122. The van der Waals surface area contributed by atoms with E-state index in [9.17, 15) is 19.2 Å². The van der Waals surface area contributed by atoms with Gasteiger partial charge in [-0.3, -0.25) is 19.3 Å². The molecule has 0 unspecified atom stereocenters. The van der Waals surface area contributed by atoms with E-state index >= 15 is 0 Å². The third-order valence-electron chi connectivity index (χ3n) is 8.19. The molecule has 0 N–H and O–H groups in total. The van der Waals surface area contributed by atoms with Crippen molar-refractivity contribution < 1.29 is 23.9 Å². The topological polar surface area (TPSA) is 93.6 Å². The van der Waals surface area contributed by atoms with Crippen LogP contribution in [0.3, 0.4) is 0 Å². The van der Waals surface area contributed by atoms with Crippen molar-refractivity contribution in [3.8, 4) is 11.3 Å². The van der Waals surface area contributed by atoms with Crippen LogP contribution in [-0.4, -0.2) is 34.7 Å². The smallest absolute Gasteiger partial charge is 0.339 e. The van der Waals surface area contributed by atoms with Crippen molar-refractivity contribution in [1.29, 1.82) is 0 Å². The number of ether oxygens (including phenoxy) is 1. The first kappa shape index (κ1) is 27.3. The quantitative estimate of drug-likeness (QED) is 0.119. The van der Waals surface area contributed by atoms with Crippen LogP contribution in [0.25, 0.3) is 22.2 Å². The maximum atomic E-state index is 13.5. The number of benzene rings is 3. The average Bonchev–Trinajstić information content (AvgIpc) is 3.26. The molecule has 3 aromatic carbocycles. The molecule has 2 amide bonds. The van der Waals surface area contributed by atoms with Crippen molar-refractivity contribution in [2.45, 2.75) is 33.3 Å². The summed E-state index contributed by atoms with van der Waals surface area (Å²) in [5.41, 5.74) is 4.06. The number of nitrogens with zero attached hydrogens (tertiary/aromatic N) is 2. The van der Waals surface area contributed by atoms with Crippen molar-refractivity contribution in [2.24, 2.45) is 17.8 Å². The van der Waals surface area contributed by atoms with Crippen LogP contribution in [0, 0.1) is 24.7 Å². The van der Waals surface area contributed by atoms with Gasteiger partial charge in [0.05, 0.1) is 34.3 Å². The van der Waals surface area contributed by atoms with Gasteiger partial charge in [0, 0.05) is 16.5 Å². The van der Waals surface area contributed by atoms with Crippen LogP contribution in [0.2, 0.25) is 0 Å². The zero-order valence-corrected chi connectivity index (χ0v) is 23.6. The van der Waals surface area contributed by atoms with Crippen LogP contribution < -0.4 is 4.90 Å². The fourth-order valence-corrected chi connectivity index (χ4v) is 5.95. The first-order chi connectivity index (χ1) is 20.2. The van der Waals surface area contributed by atoms with E-state index in [0.717, 1.165) is 5.56 Å². The second-order valence-corrected chi connectivity index (χ2v) is 11.1. The van der Waals surface area contributed by atoms with Crippen LogP contribution in [0.1, 0.15) is 46.5 Å². The summed E-state index contributed by atoms with van der Waals surface area (Å²) < 4.78 is 5.65. The molecule has 1 aliphatic carbocycles. The molecule has 0 spiro atoms. The Morgan fingerprint density at radius 3 is 2.40 bits per heavy atom. The number of carbonyl (C=O) groups is 4. The second-order valence-electron chi connectivity index (χ2n) is 11.1. The van der Waals surface area contributed by atoms with Gasteiger partial charge in [0.15, 0.2) is 6.10 Å². The molecule has 1 saturated heterocycles. The highest BCUT2D eigenvalue weighted by Gasteiger charge is 2.50. The van der Waals surface area contributed by atoms with Crippen LogP contribution >= 0.6 is 0 Å². The predicted octanol–water partition coefficient (Wildman–Crippen LogP) is 6.34. The molecule has 0 bridgehead atoms. The summed E-state index contributed by atoms with van der Waals surface area (Å²) in [5, 5.41) is 0.623. The molecule has 1 fully saturated rings. The van der Waals surface area contributed by atoms with Gasteiger partial charge in [-0.05, 0) is 56.5 Å². The van der Waals surface area contributed by atoms with Crippen molar-refractivity contribution in [3.63, 3.8) is 0 Å². The normalized spacial score (nSPS) is 20.5. The molecule has 2 heterocycles. The van der Waals surface area contributed by atoms with Gasteiger partial charge in [-0.25, -0.2) is 9.78 Å². The molecule has 6 rings (SSSR count). The number of esters is 1. The number of hydrogen-bond acceptors (Lipinski definition) is 6. The van der Waals surface area contributed by atoms with E-state index in [1.54, 1.807) is 61.5 Å². The zero-order valence-electron chi connectivity index (χ0n) is 23.6. The molecule has 1 aliphatic heterocycles. The highest BCUT2D eigenvalue weighted by Crippen LogP contribution is 2.40. The van der Waals surface area contributed by atoms with Crippen LogP contribution in [0.15, 0.2) is 91.0 Å². The second kappa shape index (κ2) is 10.8. The molecule has 0 saturated carbocycles. The highest BCUT2D eigenvalue weighted by atomic mass is 16.5. The highest BCUT2D eigenvalue weighted by molar-refractivity contribution is 6.22. The van der Waals surface area contributed by atoms with E-state index in [1.807, 2.05) is 50.3 Å². The lowest BCUT2D eigenvalue weighted by atomic mass is 9.78. The summed E-state index contributed by atoms with van der Waals surface area (Å²) in [6.07, 6.45) is 3.58. The summed E-state index contributed by atoms with van der Waals surface area (Å²) in [6, 6.07) is 23.1. The number of rotatable bonds is 6. The largest absolute Gasteiger partial charge is 0.451 e. The molecular formula is C35H30N2O5. The summed E-state index contributed by atoms with van der Waals surface area (Å²) in [6.45, 7) is 5.46. The van der Waals surface area contributed by atoms with Crippen LogP contribution in [-0.2, 0) is 14.3 Å². The summed E-state index contributed by atoms with van der Waals surface area (Å²) >= 11 is 0. The Balaban J connectivity index is 1.31. The number of imide groups is 1. The number of allylic oxidation sites excluding steroid dienone is 2. The zero-order chi connectivity index (χ0) is 29.5. The van der Waals surface area contributed by atoms with Gasteiger partial charge in [-0.2, -0.15) is 0 Å². The number of aryl methyl sites for hydroxylation is 1. The number of ketones is 1. The third-order valence-corrected chi connectivity index (χ3v) is 8.19. The number of Topliss-reactive ketones (excluding diaryl/α,β-unsaturated/α-hetero) is 1. The summed E-state index contributed by atoms with van der Waals surface area (Å²) in [7, 11) is 0. The van der Waals surface area contributed by atoms with Gasteiger partial charge < -0.3 is 4.74 Å². The number of hydrogen-bond donors (Lipinski definition) is 0. The molecular weight excluding hydrogens is 528 g/mol. The Labute approximate surface area is 243 Å². The van der Waals surface area contributed by atoms with Gasteiger partial charge in [0.2, 0.25) is 17.6 Å². The Bertz CT molecular complexity index is 1760. The first-order valence-corrected chi connectivity index (χ1v) is 14.1. The lowest BCUT2D eigenvalue weighted by Gasteiger charge is -2.22. The number of fused-ring (bicyclic) bond motifs is 2. The SMILES string of the molecule is Cc1ccc2nc(-c3ccc(N4C(=O)[C@@H]5[C@H](CC=C[C@@H]5C)C4=O)cc3)cc(C(=O)O[C@@H](C)C(=O)c3ccccc3)c2c1. The first-order valence-electron chi connectivity index (χ1n) is 14.1. The number of pyridine rings is 1. The molecule has 7 heteroatoms. The minimum atomic E-state index is -0.979. The van der Waals surface area contributed by atoms with Crippen molar-refractivity contribution >= 4 is 40.2 Å². The standard InChI is InChI=1S/C35H30N2O5/c1-20-12-17-29-27(18-20)28(35(41)42-22(3)32(38)24-9-5-4-6-10-24)19-30(36-29)23-13-15-25(16-14-23)37-33(39)26-11-7-8-21(2)31(26)34(37)40/h4-10,12-19,21-22,26,31H,11H2,1-3H3/t21-,22-,26-,31-/m0/s1. The van der Waals surface area contributed by atoms with Gasteiger partial charge in [-0.1, -0.05) is 73.2 Å². The molecule has 4 atom stereocenters. The van der Waals surface area contributed by atoms with E-state index < -0.39 is 12.1 Å². The third kappa shape index (κ3) is 4.81. The molecule has 7 nitrogen and oxygen atoms in total. The van der Waals surface area contributed by atoms with E-state index in [0.29, 0.717) is 45.4 Å². The average molecular weight is 559 g/mol. The van der Waals surface area contributed by atoms with Crippen molar-refractivity contribution in [1.82, 2.24) is 4.98 Å². The minimum Gasteiger partial charge on any atom is -0.451 e. The van der Waals surface area contributed by atoms with Gasteiger partial charge in [-0.15, -0.1) is 0 Å². The Hall–Kier alpha value is -4.91. The Morgan fingerprint density at radius 2 is 1.69 bits per heavy atom. The fourth-order valence-electron chi connectivity index (χ4n) is 5.95. The summed E-state index contributed by atoms with van der Waals surface area (Å²) in [4.78, 5) is 58.8. The minimum absolute atomic E-state index is 0.0128. The van der Waals surface area contributed by atoms with Crippen molar-refractivity contribution in [2.75, 3.05) is 4.90 Å². The van der Waals surface area contributed by atoms with Gasteiger partial charge in [0.1, 0.15) is 0 Å². The molecule has 0 radical (unpaired) electrons. The van der Waals surface area contributed by atoms with E-state index in [-0.39, 0.29) is 35.4 Å². The van der Waals surface area contributed by atoms with Crippen LogP contribution in [0.4, 0.5) is 5.69 Å². The number of amides is 2. The van der Waals surface area contributed by atoms with E-state index in [1.165, 1.54) is 4.90 Å². The molecule has 2 aliphatic rings. The number of anilines is 1. The Morgan fingerprint density at radius 1 is 0.952 bits per heavy atom. The van der Waals surface area contributed by atoms with Crippen molar-refractivity contribution in [3.05, 3.63) is 108 Å².